The van der Waals surface area contributed by atoms with Gasteiger partial charge in [-0.15, -0.1) is 0 Å². The van der Waals surface area contributed by atoms with Crippen LogP contribution in [0.5, 0.6) is 0 Å². The molecule has 1 aliphatic heterocycles. The monoisotopic (exact) mass is 239 g/mol. The minimum atomic E-state index is -2.55. The number of carbonyl (C=O) groups excluding carboxylic acids is 1. The molecule has 17 heavy (non-hydrogen) atoms. The Morgan fingerprint density at radius 1 is 1.29 bits per heavy atom. The van der Waals surface area contributed by atoms with Gasteiger partial charge in [0, 0.05) is 6.54 Å². The number of alkyl halides is 2. The lowest BCUT2D eigenvalue weighted by Crippen LogP contribution is -2.32. The molecule has 1 saturated heterocycles. The van der Waals surface area contributed by atoms with Gasteiger partial charge in [-0.25, -0.2) is 8.78 Å². The van der Waals surface area contributed by atoms with Crippen molar-refractivity contribution in [2.24, 2.45) is 5.92 Å². The fourth-order valence-corrected chi connectivity index (χ4v) is 2.25. The quantitative estimate of drug-likeness (QED) is 0.794. The Labute approximate surface area is 99.2 Å². The standard InChI is InChI=1S/C13H15F2NO/c1-9(10-5-3-2-4-6-10)16-8-7-11(12(14)15)13(16)17/h2-6,9,11-12H,7-8H2,1H3. The third kappa shape index (κ3) is 2.30. The van der Waals surface area contributed by atoms with E-state index in [0.29, 0.717) is 6.54 Å². The third-order valence-electron chi connectivity index (χ3n) is 3.33. The number of hydrogen-bond acceptors (Lipinski definition) is 1. The lowest BCUT2D eigenvalue weighted by Gasteiger charge is -2.25. The highest BCUT2D eigenvalue weighted by Crippen LogP contribution is 2.31. The zero-order valence-electron chi connectivity index (χ0n) is 9.64. The summed E-state index contributed by atoms with van der Waals surface area (Å²) in [5, 5.41) is 0. The Balaban J connectivity index is 2.12. The number of carbonyl (C=O) groups is 1. The maximum absolute atomic E-state index is 12.6. The zero-order valence-corrected chi connectivity index (χ0v) is 9.64. The van der Waals surface area contributed by atoms with Gasteiger partial charge in [0.1, 0.15) is 5.92 Å². The van der Waals surface area contributed by atoms with Crippen LogP contribution in [0.25, 0.3) is 0 Å². The number of hydrogen-bond donors (Lipinski definition) is 0. The van der Waals surface area contributed by atoms with Crippen molar-refractivity contribution >= 4 is 5.91 Å². The first-order valence-corrected chi connectivity index (χ1v) is 5.75. The van der Waals surface area contributed by atoms with Crippen molar-refractivity contribution in [1.82, 2.24) is 4.90 Å². The third-order valence-corrected chi connectivity index (χ3v) is 3.33. The smallest absolute Gasteiger partial charge is 0.250 e. The Bertz CT molecular complexity index is 394. The van der Waals surface area contributed by atoms with E-state index in [0.717, 1.165) is 5.56 Å². The first kappa shape index (κ1) is 12.0. The van der Waals surface area contributed by atoms with E-state index in [1.807, 2.05) is 37.3 Å². The average molecular weight is 239 g/mol. The topological polar surface area (TPSA) is 20.3 Å². The summed E-state index contributed by atoms with van der Waals surface area (Å²) < 4.78 is 25.2. The molecule has 4 heteroatoms. The van der Waals surface area contributed by atoms with Gasteiger partial charge in [0.2, 0.25) is 12.3 Å². The van der Waals surface area contributed by atoms with Gasteiger partial charge >= 0.3 is 0 Å². The number of likely N-dealkylation sites (tertiary alicyclic amines) is 1. The Kier molecular flexibility index (Phi) is 3.41. The summed E-state index contributed by atoms with van der Waals surface area (Å²) in [5.41, 5.74) is 0.982. The molecule has 92 valence electrons. The van der Waals surface area contributed by atoms with E-state index in [4.69, 9.17) is 0 Å². The Morgan fingerprint density at radius 2 is 1.94 bits per heavy atom. The highest BCUT2D eigenvalue weighted by molar-refractivity contribution is 5.81. The molecule has 1 aliphatic rings. The van der Waals surface area contributed by atoms with Crippen LogP contribution in [0.15, 0.2) is 30.3 Å². The molecule has 2 rings (SSSR count). The van der Waals surface area contributed by atoms with Crippen LogP contribution in [0, 0.1) is 5.92 Å². The van der Waals surface area contributed by atoms with Gasteiger partial charge in [0.25, 0.3) is 0 Å². The maximum Gasteiger partial charge on any atom is 0.250 e. The van der Waals surface area contributed by atoms with Gasteiger partial charge in [0.05, 0.1) is 6.04 Å². The molecule has 2 nitrogen and oxygen atoms in total. The second-order valence-corrected chi connectivity index (χ2v) is 4.35. The minimum absolute atomic E-state index is 0.132. The van der Waals surface area contributed by atoms with Gasteiger partial charge in [-0.2, -0.15) is 0 Å². The van der Waals surface area contributed by atoms with Crippen LogP contribution in [0.2, 0.25) is 0 Å². The first-order chi connectivity index (χ1) is 8.11. The number of nitrogens with zero attached hydrogens (tertiary/aromatic N) is 1. The van der Waals surface area contributed by atoms with E-state index in [-0.39, 0.29) is 12.5 Å². The molecule has 0 N–H and O–H groups in total. The molecule has 1 amide bonds. The van der Waals surface area contributed by atoms with Crippen molar-refractivity contribution in [3.05, 3.63) is 35.9 Å². The van der Waals surface area contributed by atoms with Crippen molar-refractivity contribution in [3.8, 4) is 0 Å². The molecule has 0 spiro atoms. The molecule has 0 saturated carbocycles. The van der Waals surface area contributed by atoms with E-state index in [9.17, 15) is 13.6 Å². The summed E-state index contributed by atoms with van der Waals surface area (Å²) in [6, 6.07) is 9.35. The van der Waals surface area contributed by atoms with Crippen molar-refractivity contribution < 1.29 is 13.6 Å². The molecule has 1 fully saturated rings. The Hall–Kier alpha value is -1.45. The zero-order chi connectivity index (χ0) is 12.4. The van der Waals surface area contributed by atoms with E-state index >= 15 is 0 Å². The molecular formula is C13H15F2NO. The summed E-state index contributed by atoms with van der Waals surface area (Å²) in [6.45, 7) is 2.30. The van der Waals surface area contributed by atoms with Crippen LogP contribution in [-0.4, -0.2) is 23.8 Å². The van der Waals surface area contributed by atoms with Gasteiger partial charge in [-0.1, -0.05) is 30.3 Å². The molecule has 0 aromatic heterocycles. The average Bonchev–Trinajstić information content (AvgIpc) is 2.71. The van der Waals surface area contributed by atoms with Crippen LogP contribution in [0.4, 0.5) is 8.78 Å². The van der Waals surface area contributed by atoms with Crippen LogP contribution < -0.4 is 0 Å². The fourth-order valence-electron chi connectivity index (χ4n) is 2.25. The summed E-state index contributed by atoms with van der Waals surface area (Å²) >= 11 is 0. The van der Waals surface area contributed by atoms with Gasteiger partial charge in [-0.3, -0.25) is 4.79 Å². The molecule has 1 heterocycles. The van der Waals surface area contributed by atoms with Gasteiger partial charge in [-0.05, 0) is 18.9 Å². The summed E-state index contributed by atoms with van der Waals surface area (Å²) in [4.78, 5) is 13.4. The molecule has 0 aliphatic carbocycles. The van der Waals surface area contributed by atoms with E-state index in [1.54, 1.807) is 4.90 Å². The normalized spacial score (nSPS) is 22.2. The SMILES string of the molecule is CC(c1ccccc1)N1CCC(C(F)F)C1=O. The van der Waals surface area contributed by atoms with Gasteiger partial charge in [0.15, 0.2) is 0 Å². The van der Waals surface area contributed by atoms with Crippen molar-refractivity contribution in [2.45, 2.75) is 25.8 Å². The van der Waals surface area contributed by atoms with Crippen LogP contribution >= 0.6 is 0 Å². The second-order valence-electron chi connectivity index (χ2n) is 4.35. The summed E-state index contributed by atoms with van der Waals surface area (Å²) in [5.74, 6) is -1.53. The number of benzene rings is 1. The molecule has 2 unspecified atom stereocenters. The second kappa shape index (κ2) is 4.82. The Morgan fingerprint density at radius 3 is 2.47 bits per heavy atom. The van der Waals surface area contributed by atoms with Crippen LogP contribution in [-0.2, 0) is 4.79 Å². The van der Waals surface area contributed by atoms with Crippen LogP contribution in [0.1, 0.15) is 24.9 Å². The fraction of sp³-hybridized carbons (Fsp3) is 0.462. The van der Waals surface area contributed by atoms with Gasteiger partial charge < -0.3 is 4.90 Å². The predicted octanol–water partition coefficient (Wildman–Crippen LogP) is 2.86. The highest BCUT2D eigenvalue weighted by Gasteiger charge is 2.39. The molecule has 1 aromatic rings. The number of rotatable bonds is 3. The summed E-state index contributed by atoms with van der Waals surface area (Å²) in [7, 11) is 0. The molecule has 2 atom stereocenters. The highest BCUT2D eigenvalue weighted by atomic mass is 19.3. The van der Waals surface area contributed by atoms with E-state index in [2.05, 4.69) is 0 Å². The molecule has 0 radical (unpaired) electrons. The van der Waals surface area contributed by atoms with E-state index < -0.39 is 18.3 Å². The van der Waals surface area contributed by atoms with Crippen LogP contribution in [0.3, 0.4) is 0 Å². The summed E-state index contributed by atoms with van der Waals surface area (Å²) in [6.07, 6.45) is -2.29. The van der Waals surface area contributed by atoms with Crippen molar-refractivity contribution in [1.29, 1.82) is 0 Å². The largest absolute Gasteiger partial charge is 0.335 e. The van der Waals surface area contributed by atoms with Crippen molar-refractivity contribution in [2.75, 3.05) is 6.54 Å². The van der Waals surface area contributed by atoms with E-state index in [1.165, 1.54) is 0 Å². The first-order valence-electron chi connectivity index (χ1n) is 5.75. The minimum Gasteiger partial charge on any atom is -0.335 e. The number of amides is 1. The maximum atomic E-state index is 12.6. The lowest BCUT2D eigenvalue weighted by atomic mass is 10.1. The van der Waals surface area contributed by atoms with Crippen molar-refractivity contribution in [3.63, 3.8) is 0 Å². The lowest BCUT2D eigenvalue weighted by molar-refractivity contribution is -0.136. The molecule has 1 aromatic carbocycles. The molecular weight excluding hydrogens is 224 g/mol. The number of halogens is 2. The predicted molar refractivity (Wildman–Crippen MR) is 60.7 cm³/mol. The molecule has 0 bridgehead atoms.